The Hall–Kier alpha value is -0.630. The molecule has 0 bridgehead atoms. The first-order valence-corrected chi connectivity index (χ1v) is 8.34. The Kier molecular flexibility index (Phi) is 4.73. The van der Waals surface area contributed by atoms with Crippen molar-refractivity contribution in [1.82, 2.24) is 0 Å². The number of ether oxygens (including phenoxy) is 1. The van der Waals surface area contributed by atoms with E-state index >= 15 is 0 Å². The van der Waals surface area contributed by atoms with Crippen LogP contribution in [0.25, 0.3) is 0 Å². The van der Waals surface area contributed by atoms with Gasteiger partial charge in [0.2, 0.25) is 0 Å². The highest BCUT2D eigenvalue weighted by Crippen LogP contribution is 2.40. The zero-order chi connectivity index (χ0) is 14.8. The number of aryl methyl sites for hydroxylation is 1. The lowest BCUT2D eigenvalue weighted by molar-refractivity contribution is 0.170. The van der Waals surface area contributed by atoms with E-state index in [-0.39, 0.29) is 5.41 Å². The average molecular weight is 292 g/mol. The molecular weight excluding hydrogens is 264 g/mol. The standard InChI is InChI=1S/C18H28OS/c1-14-7-8-15(17(2,3)4)16(11-14)19-12-18(13-20)9-5-6-10-18/h7-8,11,20H,5-6,9-10,12-13H2,1-4H3. The van der Waals surface area contributed by atoms with Gasteiger partial charge in [-0.05, 0) is 48.1 Å². The summed E-state index contributed by atoms with van der Waals surface area (Å²) >= 11 is 4.57. The third-order valence-corrected chi connectivity index (χ3v) is 5.15. The van der Waals surface area contributed by atoms with Gasteiger partial charge in [0, 0.05) is 5.41 Å². The van der Waals surface area contributed by atoms with Crippen LogP contribution in [0, 0.1) is 12.3 Å². The number of benzene rings is 1. The predicted octanol–water partition coefficient (Wildman–Crippen LogP) is 5.16. The molecule has 0 atom stereocenters. The van der Waals surface area contributed by atoms with Crippen LogP contribution in [0.15, 0.2) is 18.2 Å². The maximum Gasteiger partial charge on any atom is 0.123 e. The van der Waals surface area contributed by atoms with Gasteiger partial charge in [-0.15, -0.1) is 0 Å². The second-order valence-corrected chi connectivity index (χ2v) is 7.72. The normalized spacial score (nSPS) is 18.2. The molecule has 0 unspecified atom stereocenters. The average Bonchev–Trinajstić information content (AvgIpc) is 2.84. The predicted molar refractivity (Wildman–Crippen MR) is 90.1 cm³/mol. The molecule has 0 heterocycles. The Morgan fingerprint density at radius 3 is 2.40 bits per heavy atom. The maximum atomic E-state index is 6.27. The minimum Gasteiger partial charge on any atom is -0.493 e. The SMILES string of the molecule is Cc1ccc(C(C)(C)C)c(OCC2(CS)CCCC2)c1. The van der Waals surface area contributed by atoms with Gasteiger partial charge in [0.15, 0.2) is 0 Å². The number of hydrogen-bond acceptors (Lipinski definition) is 2. The Morgan fingerprint density at radius 1 is 1.20 bits per heavy atom. The molecular formula is C18H28OS. The largest absolute Gasteiger partial charge is 0.493 e. The van der Waals surface area contributed by atoms with Crippen LogP contribution in [0.1, 0.15) is 57.6 Å². The monoisotopic (exact) mass is 292 g/mol. The first kappa shape index (κ1) is 15.8. The van der Waals surface area contributed by atoms with E-state index in [2.05, 4.69) is 58.5 Å². The molecule has 2 heteroatoms. The number of thiol groups is 1. The second-order valence-electron chi connectivity index (χ2n) is 7.40. The van der Waals surface area contributed by atoms with Crippen LogP contribution in [0.3, 0.4) is 0 Å². The van der Waals surface area contributed by atoms with Crippen LogP contribution in [0.2, 0.25) is 0 Å². The molecule has 0 N–H and O–H groups in total. The van der Waals surface area contributed by atoms with Crippen LogP contribution < -0.4 is 4.74 Å². The summed E-state index contributed by atoms with van der Waals surface area (Å²) < 4.78 is 6.27. The summed E-state index contributed by atoms with van der Waals surface area (Å²) in [5, 5.41) is 0. The van der Waals surface area contributed by atoms with E-state index in [1.807, 2.05) is 0 Å². The van der Waals surface area contributed by atoms with Gasteiger partial charge in [0.05, 0.1) is 6.61 Å². The molecule has 112 valence electrons. The third-order valence-electron chi connectivity index (χ3n) is 4.48. The lowest BCUT2D eigenvalue weighted by atomic mass is 9.85. The topological polar surface area (TPSA) is 9.23 Å². The van der Waals surface area contributed by atoms with Crippen LogP contribution in [0.5, 0.6) is 5.75 Å². The first-order chi connectivity index (χ1) is 9.36. The van der Waals surface area contributed by atoms with Crippen molar-refractivity contribution in [2.24, 2.45) is 5.41 Å². The van der Waals surface area contributed by atoms with E-state index in [1.54, 1.807) is 0 Å². The second kappa shape index (κ2) is 6.01. The highest BCUT2D eigenvalue weighted by atomic mass is 32.1. The van der Waals surface area contributed by atoms with E-state index < -0.39 is 0 Å². The van der Waals surface area contributed by atoms with Crippen molar-refractivity contribution < 1.29 is 4.74 Å². The van der Waals surface area contributed by atoms with E-state index in [1.165, 1.54) is 36.8 Å². The molecule has 1 aliphatic rings. The van der Waals surface area contributed by atoms with Crippen molar-refractivity contribution in [1.29, 1.82) is 0 Å². The quantitative estimate of drug-likeness (QED) is 0.754. The number of rotatable bonds is 4. The molecule has 1 fully saturated rings. The van der Waals surface area contributed by atoms with Gasteiger partial charge in [-0.3, -0.25) is 0 Å². The van der Waals surface area contributed by atoms with Crippen molar-refractivity contribution in [2.75, 3.05) is 12.4 Å². The van der Waals surface area contributed by atoms with E-state index in [0.29, 0.717) is 5.41 Å². The molecule has 1 saturated carbocycles. The minimum atomic E-state index is 0.118. The Balaban J connectivity index is 2.18. The molecule has 0 radical (unpaired) electrons. The molecule has 0 amide bonds. The highest BCUT2D eigenvalue weighted by molar-refractivity contribution is 7.80. The minimum absolute atomic E-state index is 0.118. The fourth-order valence-electron chi connectivity index (χ4n) is 3.07. The van der Waals surface area contributed by atoms with Crippen molar-refractivity contribution in [2.45, 2.75) is 58.8 Å². The van der Waals surface area contributed by atoms with Crippen molar-refractivity contribution in [3.63, 3.8) is 0 Å². The lowest BCUT2D eigenvalue weighted by Gasteiger charge is -2.29. The van der Waals surface area contributed by atoms with E-state index in [4.69, 9.17) is 4.74 Å². The van der Waals surface area contributed by atoms with Gasteiger partial charge in [0.1, 0.15) is 5.75 Å². The Morgan fingerprint density at radius 2 is 1.85 bits per heavy atom. The van der Waals surface area contributed by atoms with Gasteiger partial charge in [0.25, 0.3) is 0 Å². The van der Waals surface area contributed by atoms with Crippen molar-refractivity contribution in [3.8, 4) is 5.75 Å². The first-order valence-electron chi connectivity index (χ1n) is 7.71. The van der Waals surface area contributed by atoms with Gasteiger partial charge in [-0.25, -0.2) is 0 Å². The zero-order valence-corrected chi connectivity index (χ0v) is 14.2. The van der Waals surface area contributed by atoms with Crippen LogP contribution in [-0.4, -0.2) is 12.4 Å². The summed E-state index contributed by atoms with van der Waals surface area (Å²) in [5.41, 5.74) is 2.98. The fourth-order valence-corrected chi connectivity index (χ4v) is 3.48. The van der Waals surface area contributed by atoms with E-state index in [0.717, 1.165) is 18.1 Å². The van der Waals surface area contributed by atoms with Crippen molar-refractivity contribution >= 4 is 12.6 Å². The van der Waals surface area contributed by atoms with Gasteiger partial charge in [-0.2, -0.15) is 12.6 Å². The number of hydrogen-bond donors (Lipinski definition) is 1. The molecule has 0 aliphatic heterocycles. The fraction of sp³-hybridized carbons (Fsp3) is 0.667. The molecule has 1 aromatic rings. The van der Waals surface area contributed by atoms with E-state index in [9.17, 15) is 0 Å². The van der Waals surface area contributed by atoms with Crippen LogP contribution in [-0.2, 0) is 5.41 Å². The highest BCUT2D eigenvalue weighted by Gasteiger charge is 2.33. The summed E-state index contributed by atoms with van der Waals surface area (Å²) in [5.74, 6) is 1.99. The summed E-state index contributed by atoms with van der Waals surface area (Å²) in [6.45, 7) is 9.67. The molecule has 0 aromatic heterocycles. The molecule has 1 aromatic carbocycles. The Labute approximate surface area is 129 Å². The molecule has 1 nitrogen and oxygen atoms in total. The van der Waals surface area contributed by atoms with Gasteiger partial charge >= 0.3 is 0 Å². The molecule has 0 spiro atoms. The summed E-state index contributed by atoms with van der Waals surface area (Å²) in [4.78, 5) is 0. The smallest absolute Gasteiger partial charge is 0.123 e. The molecule has 20 heavy (non-hydrogen) atoms. The summed E-state index contributed by atoms with van der Waals surface area (Å²) in [6.07, 6.45) is 5.16. The summed E-state index contributed by atoms with van der Waals surface area (Å²) in [6, 6.07) is 6.58. The maximum absolute atomic E-state index is 6.27. The molecule has 2 rings (SSSR count). The van der Waals surface area contributed by atoms with Crippen LogP contribution >= 0.6 is 12.6 Å². The third kappa shape index (κ3) is 3.52. The lowest BCUT2D eigenvalue weighted by Crippen LogP contribution is -2.28. The van der Waals surface area contributed by atoms with Crippen LogP contribution in [0.4, 0.5) is 0 Å². The van der Waals surface area contributed by atoms with Crippen molar-refractivity contribution in [3.05, 3.63) is 29.3 Å². The molecule has 1 aliphatic carbocycles. The van der Waals surface area contributed by atoms with Gasteiger partial charge in [-0.1, -0.05) is 45.7 Å². The Bertz CT molecular complexity index is 453. The van der Waals surface area contributed by atoms with Gasteiger partial charge < -0.3 is 4.74 Å². The summed E-state index contributed by atoms with van der Waals surface area (Å²) in [7, 11) is 0. The molecule has 0 saturated heterocycles. The zero-order valence-electron chi connectivity index (χ0n) is 13.3.